The lowest BCUT2D eigenvalue weighted by molar-refractivity contribution is 0.286. The monoisotopic (exact) mass is 318 g/mol. The SMILES string of the molecule is OCCCC(SCc1ccccc1)SCc1ccccc1. The van der Waals surface area contributed by atoms with Crippen molar-refractivity contribution >= 4 is 23.5 Å². The molecule has 0 fully saturated rings. The van der Waals surface area contributed by atoms with Gasteiger partial charge in [-0.05, 0) is 24.0 Å². The van der Waals surface area contributed by atoms with Gasteiger partial charge in [0.1, 0.15) is 0 Å². The lowest BCUT2D eigenvalue weighted by Gasteiger charge is -2.16. The van der Waals surface area contributed by atoms with E-state index in [2.05, 4.69) is 60.7 Å². The molecule has 0 aliphatic rings. The lowest BCUT2D eigenvalue weighted by atomic mass is 10.2. The van der Waals surface area contributed by atoms with Gasteiger partial charge in [0.2, 0.25) is 0 Å². The van der Waals surface area contributed by atoms with Crippen LogP contribution >= 0.6 is 23.5 Å². The highest BCUT2D eigenvalue weighted by Crippen LogP contribution is 2.32. The fourth-order valence-corrected chi connectivity index (χ4v) is 4.60. The second kappa shape index (κ2) is 9.93. The van der Waals surface area contributed by atoms with Gasteiger partial charge in [0.05, 0.1) is 4.58 Å². The molecule has 1 nitrogen and oxygen atoms in total. The van der Waals surface area contributed by atoms with Gasteiger partial charge in [-0.15, -0.1) is 23.5 Å². The number of thioether (sulfide) groups is 2. The summed E-state index contributed by atoms with van der Waals surface area (Å²) in [4.78, 5) is 0. The van der Waals surface area contributed by atoms with E-state index in [0.717, 1.165) is 24.3 Å². The Morgan fingerprint density at radius 2 is 1.24 bits per heavy atom. The van der Waals surface area contributed by atoms with Crippen LogP contribution in [0.25, 0.3) is 0 Å². The fraction of sp³-hybridized carbons (Fsp3) is 0.333. The fourth-order valence-electron chi connectivity index (χ4n) is 2.00. The van der Waals surface area contributed by atoms with Crippen LogP contribution < -0.4 is 0 Å². The smallest absolute Gasteiger partial charge is 0.0510 e. The van der Waals surface area contributed by atoms with Crippen LogP contribution in [0.2, 0.25) is 0 Å². The van der Waals surface area contributed by atoms with Crippen LogP contribution in [0.15, 0.2) is 60.7 Å². The van der Waals surface area contributed by atoms with E-state index < -0.39 is 0 Å². The molecule has 3 heteroatoms. The molecule has 0 aromatic heterocycles. The third-order valence-corrected chi connectivity index (χ3v) is 6.19. The summed E-state index contributed by atoms with van der Waals surface area (Å²) in [5, 5.41) is 9.07. The average Bonchev–Trinajstić information content (AvgIpc) is 2.56. The number of aliphatic hydroxyl groups excluding tert-OH is 1. The van der Waals surface area contributed by atoms with Gasteiger partial charge >= 0.3 is 0 Å². The Hall–Kier alpha value is -0.900. The maximum atomic E-state index is 9.07. The van der Waals surface area contributed by atoms with Gasteiger partial charge < -0.3 is 5.11 Å². The van der Waals surface area contributed by atoms with Crippen LogP contribution in [-0.4, -0.2) is 16.3 Å². The molecule has 0 unspecified atom stereocenters. The van der Waals surface area contributed by atoms with Crippen LogP contribution in [-0.2, 0) is 11.5 Å². The largest absolute Gasteiger partial charge is 0.396 e. The van der Waals surface area contributed by atoms with Crippen molar-refractivity contribution in [2.45, 2.75) is 28.9 Å². The average molecular weight is 319 g/mol. The maximum absolute atomic E-state index is 9.07. The molecule has 2 rings (SSSR count). The third-order valence-electron chi connectivity index (χ3n) is 3.16. The molecule has 0 atom stereocenters. The normalized spacial score (nSPS) is 11.0. The van der Waals surface area contributed by atoms with Gasteiger partial charge in [-0.2, -0.15) is 0 Å². The van der Waals surface area contributed by atoms with Crippen molar-refractivity contribution in [1.82, 2.24) is 0 Å². The van der Waals surface area contributed by atoms with Gasteiger partial charge in [-0.3, -0.25) is 0 Å². The highest BCUT2D eigenvalue weighted by Gasteiger charge is 2.10. The van der Waals surface area contributed by atoms with Crippen molar-refractivity contribution in [2.24, 2.45) is 0 Å². The van der Waals surface area contributed by atoms with Crippen molar-refractivity contribution in [3.8, 4) is 0 Å². The molecule has 0 saturated carbocycles. The molecule has 0 bridgehead atoms. The third kappa shape index (κ3) is 6.60. The number of hydrogen-bond donors (Lipinski definition) is 1. The minimum Gasteiger partial charge on any atom is -0.396 e. The molecule has 0 aliphatic carbocycles. The molecule has 0 saturated heterocycles. The summed E-state index contributed by atoms with van der Waals surface area (Å²) in [6.07, 6.45) is 1.94. The van der Waals surface area contributed by atoms with E-state index in [4.69, 9.17) is 5.11 Å². The van der Waals surface area contributed by atoms with Crippen molar-refractivity contribution in [3.05, 3.63) is 71.8 Å². The topological polar surface area (TPSA) is 20.2 Å². The number of aliphatic hydroxyl groups is 1. The second-order valence-electron chi connectivity index (χ2n) is 4.89. The van der Waals surface area contributed by atoms with E-state index in [1.54, 1.807) is 0 Å². The molecule has 1 N–H and O–H groups in total. The minimum absolute atomic E-state index is 0.286. The molecule has 2 aromatic rings. The van der Waals surface area contributed by atoms with E-state index in [0.29, 0.717) is 4.58 Å². The Labute approximate surface area is 136 Å². The molecule has 112 valence electrons. The Balaban J connectivity index is 1.82. The number of rotatable bonds is 9. The van der Waals surface area contributed by atoms with Gasteiger partial charge in [-0.1, -0.05) is 60.7 Å². The predicted molar refractivity (Wildman–Crippen MR) is 95.6 cm³/mol. The van der Waals surface area contributed by atoms with E-state index in [1.165, 1.54) is 11.1 Å². The van der Waals surface area contributed by atoms with Crippen LogP contribution in [0.5, 0.6) is 0 Å². The molecule has 0 heterocycles. The minimum atomic E-state index is 0.286. The zero-order valence-corrected chi connectivity index (χ0v) is 13.8. The Morgan fingerprint density at radius 1 is 0.762 bits per heavy atom. The van der Waals surface area contributed by atoms with Crippen molar-refractivity contribution < 1.29 is 5.11 Å². The van der Waals surface area contributed by atoms with Crippen molar-refractivity contribution in [1.29, 1.82) is 0 Å². The Kier molecular flexibility index (Phi) is 7.79. The maximum Gasteiger partial charge on any atom is 0.0510 e. The van der Waals surface area contributed by atoms with Gasteiger partial charge in [-0.25, -0.2) is 0 Å². The second-order valence-corrected chi connectivity index (χ2v) is 7.57. The van der Waals surface area contributed by atoms with E-state index >= 15 is 0 Å². The van der Waals surface area contributed by atoms with E-state index in [-0.39, 0.29) is 6.61 Å². The number of hydrogen-bond acceptors (Lipinski definition) is 3. The molecular formula is C18H22OS2. The summed E-state index contributed by atoms with van der Waals surface area (Å²) < 4.78 is 0.539. The summed E-state index contributed by atoms with van der Waals surface area (Å²) in [5.74, 6) is 2.08. The highest BCUT2D eigenvalue weighted by atomic mass is 32.2. The summed E-state index contributed by atoms with van der Waals surface area (Å²) in [6, 6.07) is 21.2. The molecule has 0 aliphatic heterocycles. The van der Waals surface area contributed by atoms with Crippen molar-refractivity contribution in [2.75, 3.05) is 6.61 Å². The van der Waals surface area contributed by atoms with Crippen LogP contribution in [0.4, 0.5) is 0 Å². The first-order valence-electron chi connectivity index (χ1n) is 7.30. The van der Waals surface area contributed by atoms with E-state index in [9.17, 15) is 0 Å². The number of benzene rings is 2. The highest BCUT2D eigenvalue weighted by molar-refractivity contribution is 8.16. The first-order valence-corrected chi connectivity index (χ1v) is 9.40. The van der Waals surface area contributed by atoms with Crippen LogP contribution in [0, 0.1) is 0 Å². The first-order chi connectivity index (χ1) is 10.4. The molecule has 0 radical (unpaired) electrons. The summed E-state index contributed by atoms with van der Waals surface area (Å²) in [7, 11) is 0. The van der Waals surface area contributed by atoms with Gasteiger partial charge in [0.25, 0.3) is 0 Å². The van der Waals surface area contributed by atoms with Crippen LogP contribution in [0.3, 0.4) is 0 Å². The summed E-state index contributed by atoms with van der Waals surface area (Å²) >= 11 is 3.97. The quantitative estimate of drug-likeness (QED) is 0.660. The summed E-state index contributed by atoms with van der Waals surface area (Å²) in [5.41, 5.74) is 2.74. The van der Waals surface area contributed by atoms with Gasteiger partial charge in [0, 0.05) is 18.1 Å². The summed E-state index contributed by atoms with van der Waals surface area (Å²) in [6.45, 7) is 0.286. The standard InChI is InChI=1S/C18H22OS2/c19-13-7-12-18(20-14-16-8-3-1-4-9-16)21-15-17-10-5-2-6-11-17/h1-6,8-11,18-19H,7,12-15H2. The molecular weight excluding hydrogens is 296 g/mol. The Morgan fingerprint density at radius 3 is 1.67 bits per heavy atom. The predicted octanol–water partition coefficient (Wildman–Crippen LogP) is 4.95. The van der Waals surface area contributed by atoms with E-state index in [1.807, 2.05) is 23.5 Å². The zero-order chi connectivity index (χ0) is 14.8. The first kappa shape index (κ1) is 16.5. The van der Waals surface area contributed by atoms with Crippen molar-refractivity contribution in [3.63, 3.8) is 0 Å². The molecule has 21 heavy (non-hydrogen) atoms. The lowest BCUT2D eigenvalue weighted by Crippen LogP contribution is -2.01. The van der Waals surface area contributed by atoms with Gasteiger partial charge in [0.15, 0.2) is 0 Å². The Bertz CT molecular complexity index is 444. The molecule has 2 aromatic carbocycles. The molecule has 0 spiro atoms. The van der Waals surface area contributed by atoms with Crippen LogP contribution in [0.1, 0.15) is 24.0 Å². The zero-order valence-electron chi connectivity index (χ0n) is 12.2. The molecule has 0 amide bonds.